The van der Waals surface area contributed by atoms with Crippen molar-refractivity contribution < 1.29 is 22.7 Å². The Labute approximate surface area is 118 Å². The molecule has 0 bridgehead atoms. The third-order valence-corrected chi connectivity index (χ3v) is 3.75. The lowest BCUT2D eigenvalue weighted by Crippen LogP contribution is -2.23. The van der Waals surface area contributed by atoms with E-state index in [4.69, 9.17) is 0 Å². The van der Waals surface area contributed by atoms with Gasteiger partial charge in [-0.2, -0.15) is 0 Å². The van der Waals surface area contributed by atoms with E-state index in [1.807, 2.05) is 0 Å². The van der Waals surface area contributed by atoms with Gasteiger partial charge >= 0.3 is 5.97 Å². The smallest absolute Gasteiger partial charge is 0.306 e. The van der Waals surface area contributed by atoms with Crippen LogP contribution in [0.4, 0.5) is 0 Å². The Hall–Kier alpha value is -1.89. The van der Waals surface area contributed by atoms with E-state index in [2.05, 4.69) is 10.1 Å². The molecule has 0 radical (unpaired) electrons. The van der Waals surface area contributed by atoms with E-state index in [0.717, 1.165) is 11.8 Å². The Morgan fingerprint density at radius 1 is 1.15 bits per heavy atom. The fraction of sp³-hybridized carbons (Fsp3) is 0.385. The standard InChI is InChI=1S/C13H17NO5S/c1-19-13(16)8-7-12(15)14-9-10-3-5-11(6-4-10)20(2,17)18/h3-6H,7-9H2,1-2H3,(H,14,15). The Morgan fingerprint density at radius 3 is 2.25 bits per heavy atom. The van der Waals surface area contributed by atoms with Crippen LogP contribution >= 0.6 is 0 Å². The summed E-state index contributed by atoms with van der Waals surface area (Å²) in [5, 5.41) is 2.64. The molecule has 1 amide bonds. The van der Waals surface area contributed by atoms with Gasteiger partial charge in [0.05, 0.1) is 18.4 Å². The summed E-state index contributed by atoms with van der Waals surface area (Å²) in [5.41, 5.74) is 0.781. The molecule has 7 heteroatoms. The van der Waals surface area contributed by atoms with E-state index < -0.39 is 15.8 Å². The summed E-state index contributed by atoms with van der Waals surface area (Å²) in [6.45, 7) is 0.282. The van der Waals surface area contributed by atoms with E-state index in [9.17, 15) is 18.0 Å². The van der Waals surface area contributed by atoms with Gasteiger partial charge in [-0.05, 0) is 17.7 Å². The van der Waals surface area contributed by atoms with Crippen molar-refractivity contribution in [3.63, 3.8) is 0 Å². The predicted octanol–water partition coefficient (Wildman–Crippen LogP) is 0.659. The Morgan fingerprint density at radius 2 is 1.75 bits per heavy atom. The van der Waals surface area contributed by atoms with Crippen LogP contribution in [0, 0.1) is 0 Å². The third-order valence-electron chi connectivity index (χ3n) is 2.63. The number of methoxy groups -OCH3 is 1. The normalized spacial score (nSPS) is 10.9. The Balaban J connectivity index is 2.46. The first-order valence-electron chi connectivity index (χ1n) is 5.95. The van der Waals surface area contributed by atoms with Crippen LogP contribution in [0.25, 0.3) is 0 Å². The number of carbonyl (C=O) groups is 2. The molecule has 1 aromatic carbocycles. The van der Waals surface area contributed by atoms with Crippen LogP contribution in [-0.2, 0) is 30.7 Å². The summed E-state index contributed by atoms with van der Waals surface area (Å²) in [6.07, 6.45) is 1.24. The van der Waals surface area contributed by atoms with Crippen LogP contribution in [0.3, 0.4) is 0 Å². The van der Waals surface area contributed by atoms with Gasteiger partial charge in [0.1, 0.15) is 0 Å². The van der Waals surface area contributed by atoms with Crippen LogP contribution in [0.15, 0.2) is 29.2 Å². The van der Waals surface area contributed by atoms with E-state index in [1.165, 1.54) is 19.2 Å². The van der Waals surface area contributed by atoms with Gasteiger partial charge in [-0.1, -0.05) is 12.1 Å². The quantitative estimate of drug-likeness (QED) is 0.779. The fourth-order valence-corrected chi connectivity index (χ4v) is 2.09. The molecule has 0 fully saturated rings. The minimum atomic E-state index is -3.21. The molecule has 0 heterocycles. The number of ether oxygens (including phenoxy) is 1. The van der Waals surface area contributed by atoms with Gasteiger partial charge in [-0.25, -0.2) is 8.42 Å². The Kier molecular flexibility index (Phi) is 5.69. The molecule has 1 rings (SSSR count). The lowest BCUT2D eigenvalue weighted by molar-refractivity contribution is -0.142. The number of benzene rings is 1. The summed E-state index contributed by atoms with van der Waals surface area (Å²) < 4.78 is 27.0. The first-order chi connectivity index (χ1) is 9.32. The zero-order valence-electron chi connectivity index (χ0n) is 11.4. The van der Waals surface area contributed by atoms with E-state index in [-0.39, 0.29) is 30.2 Å². The number of amides is 1. The highest BCUT2D eigenvalue weighted by molar-refractivity contribution is 7.90. The van der Waals surface area contributed by atoms with Gasteiger partial charge in [-0.15, -0.1) is 0 Å². The van der Waals surface area contributed by atoms with Crippen LogP contribution < -0.4 is 5.32 Å². The Bertz CT molecular complexity index is 577. The molecule has 20 heavy (non-hydrogen) atoms. The molecule has 0 aliphatic carbocycles. The molecule has 0 spiro atoms. The first-order valence-corrected chi connectivity index (χ1v) is 7.84. The number of hydrogen-bond acceptors (Lipinski definition) is 5. The van der Waals surface area contributed by atoms with Crippen molar-refractivity contribution >= 4 is 21.7 Å². The molecule has 0 saturated heterocycles. The number of esters is 1. The van der Waals surface area contributed by atoms with E-state index in [0.29, 0.717) is 0 Å². The fourth-order valence-electron chi connectivity index (χ4n) is 1.46. The van der Waals surface area contributed by atoms with Crippen molar-refractivity contribution in [1.82, 2.24) is 5.32 Å². The number of sulfone groups is 1. The minimum Gasteiger partial charge on any atom is -0.469 e. The van der Waals surface area contributed by atoms with Crippen molar-refractivity contribution in [2.24, 2.45) is 0 Å². The summed E-state index contributed by atoms with van der Waals surface area (Å²) in [5.74, 6) is -0.694. The van der Waals surface area contributed by atoms with Gasteiger partial charge in [-0.3, -0.25) is 9.59 Å². The lowest BCUT2D eigenvalue weighted by Gasteiger charge is -2.06. The second-order valence-electron chi connectivity index (χ2n) is 4.27. The molecule has 0 unspecified atom stereocenters. The van der Waals surface area contributed by atoms with Crippen LogP contribution in [0.1, 0.15) is 18.4 Å². The molecular formula is C13H17NO5S. The maximum atomic E-state index is 11.4. The minimum absolute atomic E-state index is 0.0371. The highest BCUT2D eigenvalue weighted by atomic mass is 32.2. The molecule has 0 aliphatic heterocycles. The molecule has 6 nitrogen and oxygen atoms in total. The summed E-state index contributed by atoms with van der Waals surface area (Å²) in [6, 6.07) is 6.25. The number of carbonyl (C=O) groups excluding carboxylic acids is 2. The van der Waals surface area contributed by atoms with Crippen LogP contribution in [-0.4, -0.2) is 33.7 Å². The zero-order chi connectivity index (χ0) is 15.2. The summed E-state index contributed by atoms with van der Waals surface area (Å²) in [4.78, 5) is 22.5. The van der Waals surface area contributed by atoms with E-state index in [1.54, 1.807) is 12.1 Å². The average Bonchev–Trinajstić information content (AvgIpc) is 2.41. The van der Waals surface area contributed by atoms with Gasteiger partial charge in [0, 0.05) is 19.2 Å². The maximum absolute atomic E-state index is 11.4. The van der Waals surface area contributed by atoms with Gasteiger partial charge in [0.15, 0.2) is 9.84 Å². The van der Waals surface area contributed by atoms with Gasteiger partial charge in [0.25, 0.3) is 0 Å². The molecule has 1 N–H and O–H groups in total. The number of rotatable bonds is 6. The highest BCUT2D eigenvalue weighted by Gasteiger charge is 2.08. The zero-order valence-corrected chi connectivity index (χ0v) is 12.2. The summed E-state index contributed by atoms with van der Waals surface area (Å²) >= 11 is 0. The molecule has 1 aromatic rings. The third kappa shape index (κ3) is 5.40. The monoisotopic (exact) mass is 299 g/mol. The van der Waals surface area contributed by atoms with Crippen molar-refractivity contribution in [3.8, 4) is 0 Å². The van der Waals surface area contributed by atoms with Crippen molar-refractivity contribution in [3.05, 3.63) is 29.8 Å². The second kappa shape index (κ2) is 7.04. The lowest BCUT2D eigenvalue weighted by atomic mass is 10.2. The van der Waals surface area contributed by atoms with Gasteiger partial charge in [0.2, 0.25) is 5.91 Å². The number of nitrogens with one attached hydrogen (secondary N) is 1. The van der Waals surface area contributed by atoms with E-state index >= 15 is 0 Å². The molecule has 0 atom stereocenters. The van der Waals surface area contributed by atoms with Crippen LogP contribution in [0.2, 0.25) is 0 Å². The topological polar surface area (TPSA) is 89.5 Å². The molecular weight excluding hydrogens is 282 g/mol. The summed E-state index contributed by atoms with van der Waals surface area (Å²) in [7, 11) is -1.94. The SMILES string of the molecule is COC(=O)CCC(=O)NCc1ccc(S(C)(=O)=O)cc1. The van der Waals surface area contributed by atoms with Crippen molar-refractivity contribution in [2.75, 3.05) is 13.4 Å². The molecule has 110 valence electrons. The highest BCUT2D eigenvalue weighted by Crippen LogP contribution is 2.10. The molecule has 0 saturated carbocycles. The van der Waals surface area contributed by atoms with Gasteiger partial charge < -0.3 is 10.1 Å². The predicted molar refractivity (Wildman–Crippen MR) is 72.6 cm³/mol. The second-order valence-corrected chi connectivity index (χ2v) is 6.28. The van der Waals surface area contributed by atoms with Crippen molar-refractivity contribution in [1.29, 1.82) is 0 Å². The van der Waals surface area contributed by atoms with Crippen LogP contribution in [0.5, 0.6) is 0 Å². The molecule has 0 aliphatic rings. The average molecular weight is 299 g/mol. The van der Waals surface area contributed by atoms with Crippen molar-refractivity contribution in [2.45, 2.75) is 24.3 Å². The number of hydrogen-bond donors (Lipinski definition) is 1. The molecule has 0 aromatic heterocycles. The largest absolute Gasteiger partial charge is 0.469 e. The maximum Gasteiger partial charge on any atom is 0.306 e. The first kappa shape index (κ1) is 16.2.